The highest BCUT2D eigenvalue weighted by Gasteiger charge is 2.19. The van der Waals surface area contributed by atoms with Gasteiger partial charge < -0.3 is 0 Å². The topological polar surface area (TPSA) is 12.9 Å². The van der Waals surface area contributed by atoms with Gasteiger partial charge in [-0.3, -0.25) is 0 Å². The number of allylic oxidation sites excluding steroid dienone is 4. The van der Waals surface area contributed by atoms with Gasteiger partial charge in [-0.25, -0.2) is 4.98 Å². The molecule has 0 saturated carbocycles. The van der Waals surface area contributed by atoms with Crippen molar-refractivity contribution >= 4 is 11.6 Å². The van der Waals surface area contributed by atoms with Gasteiger partial charge in [0.15, 0.2) is 0 Å². The molecule has 1 aromatic rings. The lowest BCUT2D eigenvalue weighted by atomic mass is 9.86. The van der Waals surface area contributed by atoms with Gasteiger partial charge >= 0.3 is 0 Å². The molecule has 1 heterocycles. The minimum absolute atomic E-state index is 0.202. The van der Waals surface area contributed by atoms with Crippen LogP contribution in [-0.4, -0.2) is 4.98 Å². The van der Waals surface area contributed by atoms with E-state index in [4.69, 9.17) is 11.6 Å². The molecule has 0 aromatic carbocycles. The summed E-state index contributed by atoms with van der Waals surface area (Å²) in [7, 11) is 0. The second-order valence-corrected chi connectivity index (χ2v) is 4.46. The number of halogens is 2. The van der Waals surface area contributed by atoms with Gasteiger partial charge in [-0.2, -0.15) is 4.39 Å². The molecular formula is C13H13ClFN. The molecule has 1 nitrogen and oxygen atoms in total. The van der Waals surface area contributed by atoms with Crippen LogP contribution in [-0.2, 0) is 0 Å². The Labute approximate surface area is 99.7 Å². The van der Waals surface area contributed by atoms with Crippen LogP contribution in [0.3, 0.4) is 0 Å². The molecule has 0 N–H and O–H groups in total. The Morgan fingerprint density at radius 1 is 1.50 bits per heavy atom. The van der Waals surface area contributed by atoms with Crippen molar-refractivity contribution in [3.05, 3.63) is 53.1 Å². The molecule has 2 unspecified atom stereocenters. The summed E-state index contributed by atoms with van der Waals surface area (Å²) in [5.41, 5.74) is 0.793. The monoisotopic (exact) mass is 237 g/mol. The fourth-order valence-electron chi connectivity index (χ4n) is 1.88. The lowest BCUT2D eigenvalue weighted by Gasteiger charge is -2.21. The molecule has 16 heavy (non-hydrogen) atoms. The summed E-state index contributed by atoms with van der Waals surface area (Å²) in [6.45, 7) is 2.06. The molecule has 0 bridgehead atoms. The Bertz CT molecular complexity index is 439. The largest absolute Gasteiger partial charge is 0.225 e. The average Bonchev–Trinajstić information content (AvgIpc) is 2.29. The molecule has 1 aliphatic carbocycles. The van der Waals surface area contributed by atoms with Crippen molar-refractivity contribution in [2.45, 2.75) is 19.3 Å². The molecule has 0 radical (unpaired) electrons. The molecule has 1 aliphatic rings. The molecule has 1 aromatic heterocycles. The summed E-state index contributed by atoms with van der Waals surface area (Å²) < 4.78 is 13.0. The SMILES string of the molecule is CC(c1cccc(F)n1)C1C=CC(Cl)=CC1. The molecule has 2 rings (SSSR count). The maximum atomic E-state index is 13.0. The van der Waals surface area contributed by atoms with Crippen molar-refractivity contribution in [3.63, 3.8) is 0 Å². The highest BCUT2D eigenvalue weighted by molar-refractivity contribution is 6.31. The zero-order chi connectivity index (χ0) is 11.5. The van der Waals surface area contributed by atoms with Gasteiger partial charge in [0.05, 0.1) is 0 Å². The normalized spacial score (nSPS) is 21.7. The van der Waals surface area contributed by atoms with Crippen LogP contribution >= 0.6 is 11.6 Å². The van der Waals surface area contributed by atoms with Crippen molar-refractivity contribution in [2.24, 2.45) is 5.92 Å². The first-order valence-electron chi connectivity index (χ1n) is 5.33. The van der Waals surface area contributed by atoms with Crippen LogP contribution in [0.5, 0.6) is 0 Å². The van der Waals surface area contributed by atoms with E-state index >= 15 is 0 Å². The molecule has 2 atom stereocenters. The Morgan fingerprint density at radius 2 is 2.31 bits per heavy atom. The van der Waals surface area contributed by atoms with E-state index in [-0.39, 0.29) is 5.92 Å². The summed E-state index contributed by atoms with van der Waals surface area (Å²) in [6.07, 6.45) is 6.84. The molecule has 0 aliphatic heterocycles. The van der Waals surface area contributed by atoms with E-state index in [1.54, 1.807) is 6.07 Å². The predicted molar refractivity (Wildman–Crippen MR) is 63.8 cm³/mol. The van der Waals surface area contributed by atoms with Crippen LogP contribution in [0.2, 0.25) is 0 Å². The maximum Gasteiger partial charge on any atom is 0.213 e. The second-order valence-electron chi connectivity index (χ2n) is 4.02. The van der Waals surface area contributed by atoms with Crippen LogP contribution in [0.15, 0.2) is 41.5 Å². The Hall–Kier alpha value is -1.15. The van der Waals surface area contributed by atoms with Gasteiger partial charge in [0.25, 0.3) is 0 Å². The van der Waals surface area contributed by atoms with Gasteiger partial charge in [0, 0.05) is 16.6 Å². The first kappa shape index (κ1) is 11.3. The van der Waals surface area contributed by atoms with Crippen molar-refractivity contribution in [1.29, 1.82) is 0 Å². The van der Waals surface area contributed by atoms with Crippen LogP contribution in [0.4, 0.5) is 4.39 Å². The van der Waals surface area contributed by atoms with E-state index < -0.39 is 5.95 Å². The first-order valence-corrected chi connectivity index (χ1v) is 5.71. The Kier molecular flexibility index (Phi) is 3.39. The maximum absolute atomic E-state index is 13.0. The zero-order valence-corrected chi connectivity index (χ0v) is 9.78. The van der Waals surface area contributed by atoms with Crippen LogP contribution in [0.1, 0.15) is 25.0 Å². The number of aromatic nitrogens is 1. The van der Waals surface area contributed by atoms with Gasteiger partial charge in [-0.15, -0.1) is 0 Å². The smallest absolute Gasteiger partial charge is 0.213 e. The summed E-state index contributed by atoms with van der Waals surface area (Å²) in [5.74, 6) is 0.127. The van der Waals surface area contributed by atoms with E-state index in [0.717, 1.165) is 17.1 Å². The van der Waals surface area contributed by atoms with Gasteiger partial charge in [0.1, 0.15) is 0 Å². The highest BCUT2D eigenvalue weighted by atomic mass is 35.5. The molecule has 0 spiro atoms. The van der Waals surface area contributed by atoms with Crippen LogP contribution in [0, 0.1) is 11.9 Å². The number of rotatable bonds is 2. The lowest BCUT2D eigenvalue weighted by molar-refractivity contribution is 0.510. The van der Waals surface area contributed by atoms with E-state index in [1.807, 2.05) is 18.2 Å². The van der Waals surface area contributed by atoms with Gasteiger partial charge in [-0.05, 0) is 30.5 Å². The summed E-state index contributed by atoms with van der Waals surface area (Å²) >= 11 is 5.86. The molecule has 0 saturated heterocycles. The second kappa shape index (κ2) is 4.79. The van der Waals surface area contributed by atoms with E-state index in [1.165, 1.54) is 6.07 Å². The number of pyridine rings is 1. The van der Waals surface area contributed by atoms with Crippen molar-refractivity contribution < 1.29 is 4.39 Å². The third-order valence-electron chi connectivity index (χ3n) is 2.93. The Morgan fingerprint density at radius 3 is 2.94 bits per heavy atom. The van der Waals surface area contributed by atoms with E-state index in [9.17, 15) is 4.39 Å². The van der Waals surface area contributed by atoms with Gasteiger partial charge in [-0.1, -0.05) is 36.7 Å². The van der Waals surface area contributed by atoms with Crippen molar-refractivity contribution in [2.75, 3.05) is 0 Å². The molecule has 84 valence electrons. The minimum Gasteiger partial charge on any atom is -0.225 e. The van der Waals surface area contributed by atoms with Crippen LogP contribution < -0.4 is 0 Å². The lowest BCUT2D eigenvalue weighted by Crippen LogP contribution is -2.10. The third-order valence-corrected chi connectivity index (χ3v) is 3.21. The predicted octanol–water partition coefficient (Wildman–Crippen LogP) is 4.02. The summed E-state index contributed by atoms with van der Waals surface area (Å²) in [5, 5.41) is 0.774. The summed E-state index contributed by atoms with van der Waals surface area (Å²) in [6, 6.07) is 4.93. The highest BCUT2D eigenvalue weighted by Crippen LogP contribution is 2.30. The minimum atomic E-state index is -0.419. The number of nitrogens with zero attached hydrogens (tertiary/aromatic N) is 1. The van der Waals surface area contributed by atoms with Crippen LogP contribution in [0.25, 0.3) is 0 Å². The quantitative estimate of drug-likeness (QED) is 0.708. The fourth-order valence-corrected chi connectivity index (χ4v) is 2.04. The van der Waals surface area contributed by atoms with Crippen molar-refractivity contribution in [1.82, 2.24) is 4.98 Å². The number of hydrogen-bond donors (Lipinski definition) is 0. The average molecular weight is 238 g/mol. The molecule has 0 fully saturated rings. The molecule has 0 amide bonds. The standard InChI is InChI=1S/C13H13ClFN/c1-9(10-5-7-11(14)8-6-10)12-3-2-4-13(15)16-12/h2-5,7-10H,6H2,1H3. The third kappa shape index (κ3) is 2.50. The van der Waals surface area contributed by atoms with E-state index in [2.05, 4.69) is 18.0 Å². The fraction of sp³-hybridized carbons (Fsp3) is 0.308. The number of hydrogen-bond acceptors (Lipinski definition) is 1. The first-order chi connectivity index (χ1) is 7.66. The zero-order valence-electron chi connectivity index (χ0n) is 9.03. The van der Waals surface area contributed by atoms with E-state index in [0.29, 0.717) is 5.92 Å². The molecular weight excluding hydrogens is 225 g/mol. The summed E-state index contributed by atoms with van der Waals surface area (Å²) in [4.78, 5) is 3.91. The van der Waals surface area contributed by atoms with Crippen molar-refractivity contribution in [3.8, 4) is 0 Å². The van der Waals surface area contributed by atoms with Gasteiger partial charge in [0.2, 0.25) is 5.95 Å². The Balaban J connectivity index is 2.14. The molecule has 3 heteroatoms.